The molecule has 5 atom stereocenters. The Hall–Kier alpha value is -1.95. The van der Waals surface area contributed by atoms with Gasteiger partial charge in [-0.3, -0.25) is 5.21 Å². The summed E-state index contributed by atoms with van der Waals surface area (Å²) in [7, 11) is 0. The van der Waals surface area contributed by atoms with Gasteiger partial charge in [0.15, 0.2) is 11.5 Å². The summed E-state index contributed by atoms with van der Waals surface area (Å²) in [4.78, 5) is 13.1. The second-order valence-electron chi connectivity index (χ2n) is 11.3. The lowest BCUT2D eigenvalue weighted by Gasteiger charge is -2.59. The molecule has 5 rings (SSSR count). The number of aryl methyl sites for hydroxylation is 1. The van der Waals surface area contributed by atoms with Crippen LogP contribution in [-0.4, -0.2) is 30.3 Å². The molecule has 0 aromatic carbocycles. The molecular formula is C25H37N5O. The van der Waals surface area contributed by atoms with Crippen LogP contribution < -0.4 is 5.06 Å². The summed E-state index contributed by atoms with van der Waals surface area (Å²) in [5, 5.41) is 12.8. The van der Waals surface area contributed by atoms with Crippen LogP contribution in [0.25, 0.3) is 11.2 Å². The average Bonchev–Trinajstić information content (AvgIpc) is 3.14. The third-order valence-electron chi connectivity index (χ3n) is 9.76. The summed E-state index contributed by atoms with van der Waals surface area (Å²) < 4.78 is 2.09. The highest BCUT2D eigenvalue weighted by Crippen LogP contribution is 2.63. The van der Waals surface area contributed by atoms with Gasteiger partial charge in [0, 0.05) is 6.54 Å². The summed E-state index contributed by atoms with van der Waals surface area (Å²) in [6.45, 7) is 15.0. The van der Waals surface area contributed by atoms with E-state index < -0.39 is 0 Å². The molecule has 1 aliphatic heterocycles. The fraction of sp³-hybridized carbons (Fsp3) is 0.720. The molecule has 2 aliphatic carbocycles. The topological polar surface area (TPSA) is 67.1 Å². The number of hydrogen-bond donors (Lipinski definition) is 1. The highest BCUT2D eigenvalue weighted by molar-refractivity contribution is 5.83. The van der Waals surface area contributed by atoms with Crippen LogP contribution in [0.4, 0.5) is 5.82 Å². The first-order valence-corrected chi connectivity index (χ1v) is 12.0. The molecule has 1 N–H and O–H groups in total. The Morgan fingerprint density at radius 2 is 1.94 bits per heavy atom. The number of aromatic nitrogens is 4. The molecule has 0 unspecified atom stereocenters. The van der Waals surface area contributed by atoms with Gasteiger partial charge in [0.1, 0.15) is 11.8 Å². The van der Waals surface area contributed by atoms with Crippen LogP contribution in [0.5, 0.6) is 0 Å². The van der Waals surface area contributed by atoms with Crippen LogP contribution in [0, 0.1) is 22.7 Å². The number of nitrogens with zero attached hydrogens (tertiary/aromatic N) is 5. The first kappa shape index (κ1) is 20.9. The molecular weight excluding hydrogens is 386 g/mol. The predicted octanol–water partition coefficient (Wildman–Crippen LogP) is 5.76. The van der Waals surface area contributed by atoms with Gasteiger partial charge in [0.25, 0.3) is 0 Å². The normalized spacial score (nSPS) is 38.2. The summed E-state index contributed by atoms with van der Waals surface area (Å²) in [5.74, 6) is 1.94. The van der Waals surface area contributed by atoms with E-state index in [1.807, 2.05) is 6.33 Å². The largest absolute Gasteiger partial charge is 0.326 e. The van der Waals surface area contributed by atoms with Gasteiger partial charge in [-0.2, -0.15) is 0 Å². The number of rotatable bonds is 3. The zero-order valence-electron chi connectivity index (χ0n) is 19.6. The smallest absolute Gasteiger partial charge is 0.183 e. The number of hydrogen-bond acceptors (Lipinski definition) is 5. The monoisotopic (exact) mass is 423 g/mol. The van der Waals surface area contributed by atoms with Crippen molar-refractivity contribution >= 4 is 17.0 Å². The number of allylic oxidation sites excluding steroid dienone is 1. The molecule has 2 saturated carbocycles. The maximum atomic E-state index is 11.4. The van der Waals surface area contributed by atoms with E-state index in [2.05, 4.69) is 53.8 Å². The van der Waals surface area contributed by atoms with E-state index in [9.17, 15) is 5.21 Å². The molecule has 31 heavy (non-hydrogen) atoms. The van der Waals surface area contributed by atoms with E-state index >= 15 is 0 Å². The minimum Gasteiger partial charge on any atom is -0.326 e. The molecule has 0 bridgehead atoms. The van der Waals surface area contributed by atoms with Crippen LogP contribution in [0.15, 0.2) is 24.8 Å². The van der Waals surface area contributed by atoms with Crippen molar-refractivity contribution in [3.8, 4) is 0 Å². The number of imidazole rings is 1. The lowest BCUT2D eigenvalue weighted by molar-refractivity contribution is -0.0605. The van der Waals surface area contributed by atoms with Crippen molar-refractivity contribution < 1.29 is 5.21 Å². The van der Waals surface area contributed by atoms with Crippen molar-refractivity contribution in [2.75, 3.05) is 5.06 Å². The van der Waals surface area contributed by atoms with Crippen LogP contribution in [-0.2, 0) is 6.54 Å². The van der Waals surface area contributed by atoms with Gasteiger partial charge >= 0.3 is 0 Å². The zero-order valence-corrected chi connectivity index (χ0v) is 19.6. The Bertz CT molecular complexity index is 1020. The maximum Gasteiger partial charge on any atom is 0.183 e. The van der Waals surface area contributed by atoms with Crippen molar-refractivity contribution in [1.82, 2.24) is 19.5 Å². The fourth-order valence-corrected chi connectivity index (χ4v) is 7.10. The van der Waals surface area contributed by atoms with Crippen molar-refractivity contribution in [2.45, 2.75) is 91.1 Å². The molecule has 2 fully saturated rings. The second kappa shape index (κ2) is 7.03. The summed E-state index contributed by atoms with van der Waals surface area (Å²) >= 11 is 0. The highest BCUT2D eigenvalue weighted by atomic mass is 16.5. The third-order valence-corrected chi connectivity index (χ3v) is 9.76. The van der Waals surface area contributed by atoms with Crippen LogP contribution in [0.1, 0.15) is 79.1 Å². The van der Waals surface area contributed by atoms with Gasteiger partial charge in [-0.25, -0.2) is 20.0 Å². The Morgan fingerprint density at radius 3 is 2.74 bits per heavy atom. The molecule has 0 saturated heterocycles. The molecule has 0 spiro atoms. The summed E-state index contributed by atoms with van der Waals surface area (Å²) in [6.07, 6.45) is 12.5. The Balaban J connectivity index is 1.44. The summed E-state index contributed by atoms with van der Waals surface area (Å²) in [5.41, 5.74) is 3.11. The summed E-state index contributed by atoms with van der Waals surface area (Å²) in [6, 6.07) is 0. The standard InChI is InChI=1S/C25H37N5O/c1-17-7-6-8-19-24(17,4)10-9-18(2)25(19,5)12-11-23(3)13-14-29-16-28-21-20(29)22(30(23)31)27-15-26-21/h15-16,18-19,31H,1,6-14H2,2-5H3/t18-,19+,23-,24-,25+/m0/s1. The quantitative estimate of drug-likeness (QED) is 0.635. The van der Waals surface area contributed by atoms with Crippen LogP contribution in [0.3, 0.4) is 0 Å². The van der Waals surface area contributed by atoms with E-state index in [0.29, 0.717) is 23.3 Å². The van der Waals surface area contributed by atoms with E-state index in [1.165, 1.54) is 49.1 Å². The number of anilines is 1. The van der Waals surface area contributed by atoms with Crippen molar-refractivity contribution in [3.05, 3.63) is 24.8 Å². The van der Waals surface area contributed by atoms with Crippen molar-refractivity contribution in [1.29, 1.82) is 0 Å². The average molecular weight is 424 g/mol. The molecule has 2 aromatic heterocycles. The molecule has 168 valence electrons. The number of fused-ring (bicyclic) bond motifs is 1. The van der Waals surface area contributed by atoms with Gasteiger partial charge in [0.05, 0.1) is 11.9 Å². The first-order valence-electron chi connectivity index (χ1n) is 12.0. The van der Waals surface area contributed by atoms with Gasteiger partial charge in [0.2, 0.25) is 0 Å². The Kier molecular flexibility index (Phi) is 4.74. The lowest BCUT2D eigenvalue weighted by atomic mass is 9.46. The maximum absolute atomic E-state index is 11.4. The van der Waals surface area contributed by atoms with Crippen molar-refractivity contribution in [2.24, 2.45) is 22.7 Å². The molecule has 2 aromatic rings. The third kappa shape index (κ3) is 2.97. The zero-order chi connectivity index (χ0) is 22.0. The molecule has 0 radical (unpaired) electrons. The second-order valence-corrected chi connectivity index (χ2v) is 11.3. The van der Waals surface area contributed by atoms with E-state index in [4.69, 9.17) is 0 Å². The van der Waals surface area contributed by atoms with E-state index in [1.54, 1.807) is 0 Å². The van der Waals surface area contributed by atoms with Gasteiger partial charge in [-0.15, -0.1) is 0 Å². The van der Waals surface area contributed by atoms with E-state index in [0.717, 1.165) is 31.3 Å². The number of hydroxylamine groups is 1. The molecule has 6 nitrogen and oxygen atoms in total. The van der Waals surface area contributed by atoms with E-state index in [-0.39, 0.29) is 16.4 Å². The minimum atomic E-state index is -0.372. The van der Waals surface area contributed by atoms with Gasteiger partial charge < -0.3 is 4.57 Å². The SMILES string of the molecule is C=C1CCC[C@H]2[C@](C)(CC[C@@]3(C)CCn4cnc5ncnc(c54)N3O)[C@@H](C)CC[C@@]12C. The minimum absolute atomic E-state index is 0.254. The molecule has 6 heteroatoms. The Labute approximate surface area is 185 Å². The molecule has 3 heterocycles. The van der Waals surface area contributed by atoms with Gasteiger partial charge in [-0.05, 0) is 81.0 Å². The fourth-order valence-electron chi connectivity index (χ4n) is 7.10. The van der Waals surface area contributed by atoms with Gasteiger partial charge in [-0.1, -0.05) is 32.9 Å². The lowest BCUT2D eigenvalue weighted by Crippen LogP contribution is -2.52. The van der Waals surface area contributed by atoms with Crippen LogP contribution >= 0.6 is 0 Å². The van der Waals surface area contributed by atoms with Crippen LogP contribution in [0.2, 0.25) is 0 Å². The first-order chi connectivity index (χ1) is 14.7. The molecule has 0 amide bonds. The highest BCUT2D eigenvalue weighted by Gasteiger charge is 2.54. The van der Waals surface area contributed by atoms with Crippen molar-refractivity contribution in [3.63, 3.8) is 0 Å². The Morgan fingerprint density at radius 1 is 1.13 bits per heavy atom. The predicted molar refractivity (Wildman–Crippen MR) is 123 cm³/mol. The molecule has 3 aliphatic rings.